The van der Waals surface area contributed by atoms with E-state index < -0.39 is 18.6 Å². The number of aryl methyl sites for hydroxylation is 2. The molecule has 124 valence electrons. The molecule has 1 aromatic carbocycles. The Bertz CT molecular complexity index is 873. The molecule has 0 spiro atoms. The fourth-order valence-corrected chi connectivity index (χ4v) is 2.72. The minimum Gasteiger partial charge on any atom is -0.201 e. The molecule has 0 fully saturated rings. The maximum Gasteiger partial charge on any atom is 0.212 e. The molecule has 0 amide bonds. The molecule has 0 saturated heterocycles. The third-order valence-electron chi connectivity index (χ3n) is 3.96. The molecular formula is C22H32N+. The van der Waals surface area contributed by atoms with Crippen LogP contribution in [0.2, 0.25) is 0 Å². The van der Waals surface area contributed by atoms with E-state index in [-0.39, 0.29) is 5.41 Å². The van der Waals surface area contributed by atoms with E-state index in [2.05, 4.69) is 43.7 Å². The largest absolute Gasteiger partial charge is 0.212 e. The number of rotatable bonds is 2. The number of hydrogen-bond acceptors (Lipinski definition) is 0. The second-order valence-corrected chi connectivity index (χ2v) is 7.94. The topological polar surface area (TPSA) is 3.88 Å². The van der Waals surface area contributed by atoms with Gasteiger partial charge in [0.1, 0.15) is 7.05 Å². The van der Waals surface area contributed by atoms with Crippen LogP contribution in [0.5, 0.6) is 0 Å². The summed E-state index contributed by atoms with van der Waals surface area (Å²) in [5.41, 5.74) is 3.15. The van der Waals surface area contributed by atoms with Gasteiger partial charge in [-0.15, -0.1) is 0 Å². The Morgan fingerprint density at radius 3 is 2.30 bits per heavy atom. The molecule has 2 rings (SSSR count). The lowest BCUT2D eigenvalue weighted by molar-refractivity contribution is -0.661. The molecule has 0 N–H and O–H groups in total. The molecule has 0 bridgehead atoms. The van der Waals surface area contributed by atoms with Crippen molar-refractivity contribution in [3.05, 3.63) is 53.2 Å². The predicted molar refractivity (Wildman–Crippen MR) is 99.7 cm³/mol. The van der Waals surface area contributed by atoms with Crippen LogP contribution >= 0.6 is 0 Å². The Morgan fingerprint density at radius 1 is 1.09 bits per heavy atom. The third-order valence-corrected chi connectivity index (χ3v) is 3.96. The van der Waals surface area contributed by atoms with Crippen LogP contribution in [0.25, 0.3) is 11.3 Å². The summed E-state index contributed by atoms with van der Waals surface area (Å²) < 4.78 is 42.4. The highest BCUT2D eigenvalue weighted by molar-refractivity contribution is 5.61. The average molecular weight is 316 g/mol. The Balaban J connectivity index is 2.51. The number of benzene rings is 1. The van der Waals surface area contributed by atoms with E-state index in [1.807, 2.05) is 20.0 Å². The van der Waals surface area contributed by atoms with Crippen LogP contribution in [0.15, 0.2) is 36.5 Å². The highest BCUT2D eigenvalue weighted by atomic mass is 14.9. The first-order valence-corrected chi connectivity index (χ1v) is 8.12. The highest BCUT2D eigenvalue weighted by Crippen LogP contribution is 2.27. The molecule has 0 radical (unpaired) electrons. The van der Waals surface area contributed by atoms with E-state index in [0.717, 1.165) is 16.8 Å². The van der Waals surface area contributed by atoms with Crippen LogP contribution in [0.3, 0.4) is 0 Å². The molecule has 0 unspecified atom stereocenters. The van der Waals surface area contributed by atoms with Crippen molar-refractivity contribution in [2.45, 2.75) is 60.2 Å². The Kier molecular flexibility index (Phi) is 3.14. The first-order chi connectivity index (χ1) is 12.5. The summed E-state index contributed by atoms with van der Waals surface area (Å²) in [6.45, 7) is 9.00. The SMILES string of the molecule is [2H]C([2H])([2H])C(C)(C)C([2H])([2H])c1ccc(-c2ccc(C(C)(C)C)c[n+]2C)c(C)c1. The number of hydrogen-bond donors (Lipinski definition) is 0. The maximum absolute atomic E-state index is 8.54. The Labute approximate surface area is 149 Å². The second-order valence-electron chi connectivity index (χ2n) is 7.94. The lowest BCUT2D eigenvalue weighted by Gasteiger charge is -2.19. The lowest BCUT2D eigenvalue weighted by Crippen LogP contribution is -2.33. The van der Waals surface area contributed by atoms with Gasteiger partial charge in [-0.3, -0.25) is 0 Å². The summed E-state index contributed by atoms with van der Waals surface area (Å²) in [6, 6.07) is 9.60. The molecule has 1 aromatic heterocycles. The van der Waals surface area contributed by atoms with Gasteiger partial charge in [0.05, 0.1) is 0 Å². The van der Waals surface area contributed by atoms with Crippen molar-refractivity contribution in [2.75, 3.05) is 0 Å². The zero-order valence-corrected chi connectivity index (χ0v) is 15.4. The molecule has 0 aliphatic carbocycles. The summed E-state index contributed by atoms with van der Waals surface area (Å²) >= 11 is 0. The number of pyridine rings is 1. The smallest absolute Gasteiger partial charge is 0.201 e. The summed E-state index contributed by atoms with van der Waals surface area (Å²) in [5.74, 6) is 0. The molecule has 1 nitrogen and oxygen atoms in total. The van der Waals surface area contributed by atoms with Gasteiger partial charge >= 0.3 is 0 Å². The van der Waals surface area contributed by atoms with Gasteiger partial charge in [-0.25, -0.2) is 4.57 Å². The first kappa shape index (κ1) is 11.8. The van der Waals surface area contributed by atoms with Crippen molar-refractivity contribution >= 4 is 0 Å². The minimum absolute atomic E-state index is 0.0616. The Morgan fingerprint density at radius 2 is 1.78 bits per heavy atom. The van der Waals surface area contributed by atoms with Gasteiger partial charge in [0.25, 0.3) is 0 Å². The van der Waals surface area contributed by atoms with Crippen LogP contribution in [0.1, 0.15) is 65.0 Å². The average Bonchev–Trinajstić information content (AvgIpc) is 2.53. The molecule has 23 heavy (non-hydrogen) atoms. The quantitative estimate of drug-likeness (QED) is 0.656. The summed E-state index contributed by atoms with van der Waals surface area (Å²) in [6.07, 6.45) is 0.138. The van der Waals surface area contributed by atoms with Crippen molar-refractivity contribution in [3.8, 4) is 11.3 Å². The normalized spacial score (nSPS) is 16.9. The monoisotopic (exact) mass is 315 g/mol. The van der Waals surface area contributed by atoms with E-state index in [1.165, 1.54) is 19.4 Å². The molecule has 0 saturated carbocycles. The van der Waals surface area contributed by atoms with Gasteiger partial charge in [-0.1, -0.05) is 53.6 Å². The molecule has 1 heteroatoms. The van der Waals surface area contributed by atoms with E-state index in [9.17, 15) is 0 Å². The summed E-state index contributed by atoms with van der Waals surface area (Å²) in [4.78, 5) is 0. The fraction of sp³-hybridized carbons (Fsp3) is 0.500. The number of aromatic nitrogens is 1. The van der Waals surface area contributed by atoms with Gasteiger partial charge in [-0.05, 0) is 47.4 Å². The van der Waals surface area contributed by atoms with E-state index in [1.54, 1.807) is 12.1 Å². The second kappa shape index (κ2) is 6.11. The van der Waals surface area contributed by atoms with Gasteiger partial charge in [0.2, 0.25) is 5.69 Å². The van der Waals surface area contributed by atoms with Crippen molar-refractivity contribution < 1.29 is 11.4 Å². The zero-order chi connectivity index (χ0) is 21.7. The first-order valence-electron chi connectivity index (χ1n) is 10.6. The van der Waals surface area contributed by atoms with Crippen molar-refractivity contribution in [1.29, 1.82) is 0 Å². The molecule has 0 aliphatic rings. The fourth-order valence-electron chi connectivity index (χ4n) is 2.72. The van der Waals surface area contributed by atoms with Crippen LogP contribution in [-0.4, -0.2) is 0 Å². The van der Waals surface area contributed by atoms with Gasteiger partial charge < -0.3 is 0 Å². The third kappa shape index (κ3) is 4.43. The molecule has 2 aromatic rings. The van der Waals surface area contributed by atoms with Crippen LogP contribution in [0, 0.1) is 12.3 Å². The van der Waals surface area contributed by atoms with Crippen molar-refractivity contribution in [3.63, 3.8) is 0 Å². The summed E-state index contributed by atoms with van der Waals surface area (Å²) in [7, 11) is 2.01. The highest BCUT2D eigenvalue weighted by Gasteiger charge is 2.20. The molecule has 0 atom stereocenters. The standard InChI is InChI=1S/C22H32N/c1-16-13-17(14-21(2,3)4)9-11-19(16)20-12-10-18(15-23(20)8)22(5,6)7/h9-13,15H,14H2,1-8H3/q+1/i2D3,14D2. The molecule has 0 aliphatic heterocycles. The summed E-state index contributed by atoms with van der Waals surface area (Å²) in [5, 5.41) is 0. The Hall–Kier alpha value is -1.63. The van der Waals surface area contributed by atoms with Gasteiger partial charge in [0.15, 0.2) is 6.20 Å². The van der Waals surface area contributed by atoms with Crippen LogP contribution in [0.4, 0.5) is 0 Å². The van der Waals surface area contributed by atoms with Gasteiger partial charge in [0, 0.05) is 24.0 Å². The van der Waals surface area contributed by atoms with Crippen LogP contribution in [-0.2, 0) is 18.8 Å². The number of nitrogens with zero attached hydrogens (tertiary/aromatic N) is 1. The van der Waals surface area contributed by atoms with E-state index in [0.29, 0.717) is 5.56 Å². The predicted octanol–water partition coefficient (Wildman–Crippen LogP) is 5.37. The van der Waals surface area contributed by atoms with Gasteiger partial charge in [-0.2, -0.15) is 0 Å². The maximum atomic E-state index is 8.54. The molecule has 1 heterocycles. The van der Waals surface area contributed by atoms with Crippen molar-refractivity contribution in [1.82, 2.24) is 0 Å². The lowest BCUT2D eigenvalue weighted by atomic mass is 9.86. The van der Waals surface area contributed by atoms with E-state index in [4.69, 9.17) is 6.85 Å². The molecular weight excluding hydrogens is 278 g/mol. The van der Waals surface area contributed by atoms with Crippen molar-refractivity contribution in [2.24, 2.45) is 12.5 Å². The van der Waals surface area contributed by atoms with Crippen LogP contribution < -0.4 is 4.57 Å². The minimum atomic E-state index is -2.40. The van der Waals surface area contributed by atoms with E-state index >= 15 is 0 Å². The zero-order valence-electron chi connectivity index (χ0n) is 20.4.